The van der Waals surface area contributed by atoms with Crippen molar-refractivity contribution in [3.63, 3.8) is 0 Å². The first-order valence-corrected chi connectivity index (χ1v) is 10.3. The molecule has 4 rings (SSSR count). The van der Waals surface area contributed by atoms with E-state index in [9.17, 15) is 19.5 Å². The van der Waals surface area contributed by atoms with Gasteiger partial charge in [-0.1, -0.05) is 23.7 Å². The number of nitrogens with zero attached hydrogens (tertiary/aromatic N) is 2. The predicted molar refractivity (Wildman–Crippen MR) is 108 cm³/mol. The molecule has 1 aromatic carbocycles. The molecule has 3 heterocycles. The molecule has 0 bridgehead atoms. The number of anilines is 1. The summed E-state index contributed by atoms with van der Waals surface area (Å²) in [4.78, 5) is 40.3. The van der Waals surface area contributed by atoms with Crippen LogP contribution in [0.1, 0.15) is 20.8 Å². The molecule has 0 spiro atoms. The standard InChI is InChI=1S/C19H20ClN3O5S/c1-9-13(22(8-28-9)11-7-5-4-6-10(11)20)15(24)21-12-16(25)23-14(18(26)27)19(2,3)29-17(12)23/h4-7,12,14,17H,8H2,1-3H3,(H,21,24)(H,26,27)/t12-,14+,17-/m1/s1. The monoisotopic (exact) mass is 437 g/mol. The van der Waals surface area contributed by atoms with Gasteiger partial charge in [-0.3, -0.25) is 14.5 Å². The molecule has 0 aliphatic carbocycles. The molecule has 10 heteroatoms. The lowest BCUT2D eigenvalue weighted by atomic mass is 9.96. The Kier molecular flexibility index (Phi) is 4.70. The van der Waals surface area contributed by atoms with Crippen LogP contribution in [0.25, 0.3) is 0 Å². The van der Waals surface area contributed by atoms with E-state index in [-0.39, 0.29) is 12.4 Å². The first kappa shape index (κ1) is 19.9. The van der Waals surface area contributed by atoms with Crippen LogP contribution < -0.4 is 10.2 Å². The van der Waals surface area contributed by atoms with Gasteiger partial charge < -0.3 is 20.1 Å². The van der Waals surface area contributed by atoms with Crippen LogP contribution in [0.3, 0.4) is 0 Å². The number of aliphatic carboxylic acids is 1. The van der Waals surface area contributed by atoms with Crippen LogP contribution >= 0.6 is 23.4 Å². The molecule has 8 nitrogen and oxygen atoms in total. The fraction of sp³-hybridized carbons (Fsp3) is 0.421. The van der Waals surface area contributed by atoms with Crippen molar-refractivity contribution >= 4 is 46.8 Å². The first-order valence-electron chi connectivity index (χ1n) is 9.03. The summed E-state index contributed by atoms with van der Waals surface area (Å²) in [6, 6.07) is 5.38. The Labute approximate surface area is 176 Å². The smallest absolute Gasteiger partial charge is 0.327 e. The van der Waals surface area contributed by atoms with E-state index in [4.69, 9.17) is 16.3 Å². The van der Waals surface area contributed by atoms with Gasteiger partial charge >= 0.3 is 5.97 Å². The van der Waals surface area contributed by atoms with E-state index in [0.717, 1.165) is 0 Å². The second-order valence-corrected chi connectivity index (χ2v) is 9.79. The number of nitrogens with one attached hydrogen (secondary N) is 1. The van der Waals surface area contributed by atoms with Crippen LogP contribution in [0.5, 0.6) is 0 Å². The summed E-state index contributed by atoms with van der Waals surface area (Å²) in [6.45, 7) is 5.39. The highest BCUT2D eigenvalue weighted by Gasteiger charge is 2.64. The number of amides is 2. The number of fused-ring (bicyclic) bond motifs is 1. The van der Waals surface area contributed by atoms with E-state index in [1.807, 2.05) is 0 Å². The van der Waals surface area contributed by atoms with E-state index >= 15 is 0 Å². The SMILES string of the molecule is CC1=C(C(=O)N[C@@H]2C(=O)N3[C@@H]2SC(C)(C)[C@@H]3C(=O)O)N(c2ccccc2Cl)CO1. The fourth-order valence-corrected chi connectivity index (χ4v) is 5.85. The molecule has 29 heavy (non-hydrogen) atoms. The van der Waals surface area contributed by atoms with Gasteiger partial charge in [-0.15, -0.1) is 11.8 Å². The number of thioether (sulfide) groups is 1. The Hall–Kier alpha value is -2.39. The zero-order valence-electron chi connectivity index (χ0n) is 16.0. The number of carboxylic acid groups (broad SMARTS) is 1. The number of allylic oxidation sites excluding steroid dienone is 1. The van der Waals surface area contributed by atoms with Gasteiger partial charge in [-0.2, -0.15) is 0 Å². The van der Waals surface area contributed by atoms with Gasteiger partial charge in [0.1, 0.15) is 28.9 Å². The van der Waals surface area contributed by atoms with Crippen molar-refractivity contribution in [3.8, 4) is 0 Å². The highest BCUT2D eigenvalue weighted by Crippen LogP contribution is 2.50. The molecule has 3 aliphatic heterocycles. The Balaban J connectivity index is 1.54. The van der Waals surface area contributed by atoms with Crippen molar-refractivity contribution in [2.24, 2.45) is 0 Å². The maximum atomic E-state index is 13.0. The summed E-state index contributed by atoms with van der Waals surface area (Å²) in [6.07, 6.45) is 0. The maximum absolute atomic E-state index is 13.0. The van der Waals surface area contributed by atoms with Crippen LogP contribution in [0.15, 0.2) is 35.7 Å². The van der Waals surface area contributed by atoms with Crippen molar-refractivity contribution in [1.29, 1.82) is 0 Å². The second-order valence-electron chi connectivity index (χ2n) is 7.61. The molecule has 0 aromatic heterocycles. The summed E-state index contributed by atoms with van der Waals surface area (Å²) in [5.74, 6) is -1.48. The van der Waals surface area contributed by atoms with Gasteiger partial charge in [0.2, 0.25) is 5.91 Å². The normalized spacial score (nSPS) is 27.4. The summed E-state index contributed by atoms with van der Waals surface area (Å²) in [5.41, 5.74) is 0.904. The minimum atomic E-state index is -1.05. The molecule has 2 N–H and O–H groups in total. The van der Waals surface area contributed by atoms with Gasteiger partial charge in [0.05, 0.1) is 10.7 Å². The van der Waals surface area contributed by atoms with Crippen LogP contribution in [0.2, 0.25) is 5.02 Å². The van der Waals surface area contributed by atoms with Gasteiger partial charge in [0, 0.05) is 4.75 Å². The number of benzene rings is 1. The summed E-state index contributed by atoms with van der Waals surface area (Å²) < 4.78 is 4.89. The molecule has 0 saturated carbocycles. The Bertz CT molecular complexity index is 950. The number of carbonyl (C=O) groups excluding carboxylic acids is 2. The first-order chi connectivity index (χ1) is 13.6. The lowest BCUT2D eigenvalue weighted by Gasteiger charge is -2.43. The Morgan fingerprint density at radius 1 is 1.34 bits per heavy atom. The number of β-lactam (4-membered cyclic amide) rings is 1. The minimum Gasteiger partial charge on any atom is -0.480 e. The number of ether oxygens (including phenoxy) is 1. The number of rotatable bonds is 4. The third kappa shape index (κ3) is 3.03. The van der Waals surface area contributed by atoms with Crippen LogP contribution in [0.4, 0.5) is 5.69 Å². The largest absolute Gasteiger partial charge is 0.480 e. The van der Waals surface area contributed by atoms with Crippen molar-refractivity contribution in [1.82, 2.24) is 10.2 Å². The van der Waals surface area contributed by atoms with Crippen molar-refractivity contribution < 1.29 is 24.2 Å². The third-order valence-corrected chi connectivity index (χ3v) is 7.22. The molecule has 154 valence electrons. The highest BCUT2D eigenvalue weighted by atomic mass is 35.5. The molecular weight excluding hydrogens is 418 g/mol. The van der Waals surface area contributed by atoms with Crippen LogP contribution in [0, 0.1) is 0 Å². The van der Waals surface area contributed by atoms with Gasteiger partial charge in [0.15, 0.2) is 6.73 Å². The minimum absolute atomic E-state index is 0.134. The maximum Gasteiger partial charge on any atom is 0.327 e. The average molecular weight is 438 g/mol. The molecule has 2 fully saturated rings. The lowest BCUT2D eigenvalue weighted by molar-refractivity contribution is -0.160. The summed E-state index contributed by atoms with van der Waals surface area (Å²) in [7, 11) is 0. The van der Waals surface area contributed by atoms with E-state index in [1.165, 1.54) is 16.7 Å². The molecule has 3 atom stereocenters. The van der Waals surface area contributed by atoms with Crippen molar-refractivity contribution in [3.05, 3.63) is 40.7 Å². The molecular formula is C19H20ClN3O5S. The molecule has 0 radical (unpaired) electrons. The highest BCUT2D eigenvalue weighted by molar-refractivity contribution is 8.01. The lowest BCUT2D eigenvalue weighted by Crippen LogP contribution is -2.70. The summed E-state index contributed by atoms with van der Waals surface area (Å²) >= 11 is 7.65. The molecule has 1 aromatic rings. The number of hydrogen-bond donors (Lipinski definition) is 2. The van der Waals surface area contributed by atoms with Gasteiger partial charge in [-0.05, 0) is 32.9 Å². The zero-order chi connectivity index (χ0) is 21.1. The average Bonchev–Trinajstić information content (AvgIpc) is 3.15. The van der Waals surface area contributed by atoms with E-state index < -0.39 is 40.0 Å². The number of hydrogen-bond acceptors (Lipinski definition) is 6. The molecule has 2 amide bonds. The topological polar surface area (TPSA) is 99.2 Å². The van der Waals surface area contributed by atoms with Gasteiger partial charge in [0.25, 0.3) is 5.91 Å². The van der Waals surface area contributed by atoms with E-state index in [0.29, 0.717) is 16.5 Å². The Morgan fingerprint density at radius 3 is 2.69 bits per heavy atom. The van der Waals surface area contributed by atoms with Crippen LogP contribution in [-0.4, -0.2) is 56.7 Å². The predicted octanol–water partition coefficient (Wildman–Crippen LogP) is 2.00. The third-order valence-electron chi connectivity index (χ3n) is 5.33. The number of carboxylic acids is 1. The Morgan fingerprint density at radius 2 is 2.03 bits per heavy atom. The number of carbonyl (C=O) groups is 3. The zero-order valence-corrected chi connectivity index (χ0v) is 17.6. The quantitative estimate of drug-likeness (QED) is 0.695. The van der Waals surface area contributed by atoms with Crippen LogP contribution in [-0.2, 0) is 19.1 Å². The summed E-state index contributed by atoms with van der Waals surface area (Å²) in [5, 5.41) is 12.3. The second kappa shape index (κ2) is 6.84. The number of halogens is 1. The molecule has 2 saturated heterocycles. The van der Waals surface area contributed by atoms with E-state index in [2.05, 4.69) is 5.32 Å². The molecule has 0 unspecified atom stereocenters. The van der Waals surface area contributed by atoms with Crippen molar-refractivity contribution in [2.45, 2.75) is 43.0 Å². The van der Waals surface area contributed by atoms with Crippen molar-refractivity contribution in [2.75, 3.05) is 11.6 Å². The van der Waals surface area contributed by atoms with E-state index in [1.54, 1.807) is 49.9 Å². The fourth-order valence-electron chi connectivity index (χ4n) is 3.98. The van der Waals surface area contributed by atoms with Gasteiger partial charge in [-0.25, -0.2) is 4.79 Å². The number of para-hydroxylation sites is 1. The molecule has 3 aliphatic rings.